The van der Waals surface area contributed by atoms with Gasteiger partial charge in [-0.3, -0.25) is 9.36 Å². The number of hydrogen-bond acceptors (Lipinski definition) is 7. The predicted molar refractivity (Wildman–Crippen MR) is 119 cm³/mol. The molecule has 1 N–H and O–H groups in total. The minimum atomic E-state index is -5.36. The summed E-state index contributed by atoms with van der Waals surface area (Å²) in [5, 5.41) is 3.48. The second-order valence-corrected chi connectivity index (χ2v) is 10.1. The highest BCUT2D eigenvalue weighted by Gasteiger charge is 2.50. The monoisotopic (exact) mass is 515 g/mol. The molecule has 4 rings (SSSR count). The lowest BCUT2D eigenvalue weighted by molar-refractivity contribution is -0.0494. The van der Waals surface area contributed by atoms with E-state index in [-0.39, 0.29) is 49.3 Å². The van der Waals surface area contributed by atoms with Crippen molar-refractivity contribution in [3.8, 4) is 11.5 Å². The van der Waals surface area contributed by atoms with Crippen molar-refractivity contribution in [3.05, 3.63) is 52.2 Å². The Bertz CT molecular complexity index is 1430. The number of aromatic nitrogens is 3. The molecular formula is C21H21F4N5O4S. The Kier molecular flexibility index (Phi) is 6.44. The zero-order valence-corrected chi connectivity index (χ0v) is 19.5. The van der Waals surface area contributed by atoms with Crippen LogP contribution in [0.3, 0.4) is 0 Å². The van der Waals surface area contributed by atoms with E-state index in [0.29, 0.717) is 21.0 Å². The molecule has 1 aliphatic heterocycles. The summed E-state index contributed by atoms with van der Waals surface area (Å²) in [6.07, 6.45) is 1.70. The van der Waals surface area contributed by atoms with Crippen LogP contribution in [0.25, 0.3) is 11.0 Å². The first-order valence-electron chi connectivity index (χ1n) is 10.5. The van der Waals surface area contributed by atoms with Gasteiger partial charge in [0.25, 0.3) is 5.56 Å². The quantitative estimate of drug-likeness (QED) is 0.520. The number of hydrogen-bond donors (Lipinski definition) is 1. The molecule has 0 radical (unpaired) electrons. The maximum absolute atomic E-state index is 13.3. The van der Waals surface area contributed by atoms with Crippen LogP contribution in [0.5, 0.6) is 11.5 Å². The molecule has 188 valence electrons. The summed E-state index contributed by atoms with van der Waals surface area (Å²) in [6.45, 7) is 1.05. The molecule has 9 nitrogen and oxygen atoms in total. The van der Waals surface area contributed by atoms with Crippen molar-refractivity contribution in [2.75, 3.05) is 18.4 Å². The largest absolute Gasteiger partial charge is 0.511 e. The van der Waals surface area contributed by atoms with E-state index in [9.17, 15) is 30.8 Å². The van der Waals surface area contributed by atoms with Crippen LogP contribution in [0.4, 0.5) is 23.5 Å². The van der Waals surface area contributed by atoms with Crippen molar-refractivity contribution in [1.82, 2.24) is 18.8 Å². The number of rotatable bonds is 5. The van der Waals surface area contributed by atoms with Gasteiger partial charge in [0, 0.05) is 37.8 Å². The number of nitrogens with zero attached hydrogens (tertiary/aromatic N) is 4. The lowest BCUT2D eigenvalue weighted by atomic mass is 10.1. The van der Waals surface area contributed by atoms with Crippen LogP contribution in [0.2, 0.25) is 0 Å². The van der Waals surface area contributed by atoms with Crippen molar-refractivity contribution < 1.29 is 30.7 Å². The van der Waals surface area contributed by atoms with Crippen LogP contribution in [-0.4, -0.2) is 51.9 Å². The zero-order valence-electron chi connectivity index (χ0n) is 18.6. The van der Waals surface area contributed by atoms with E-state index in [1.165, 1.54) is 42.1 Å². The summed E-state index contributed by atoms with van der Waals surface area (Å²) in [6, 6.07) is 5.03. The highest BCUT2D eigenvalue weighted by molar-refractivity contribution is 7.90. The number of sulfonamides is 1. The van der Waals surface area contributed by atoms with Gasteiger partial charge in [0.2, 0.25) is 5.95 Å². The second kappa shape index (κ2) is 9.07. The third kappa shape index (κ3) is 4.93. The Labute approximate surface area is 197 Å². The van der Waals surface area contributed by atoms with Crippen LogP contribution in [0.1, 0.15) is 18.4 Å². The molecule has 1 fully saturated rings. The smallest absolute Gasteiger partial charge is 0.451 e. The number of halogens is 4. The van der Waals surface area contributed by atoms with E-state index in [4.69, 9.17) is 4.74 Å². The van der Waals surface area contributed by atoms with Crippen molar-refractivity contribution in [2.45, 2.75) is 31.3 Å². The van der Waals surface area contributed by atoms with Gasteiger partial charge in [-0.05, 0) is 49.6 Å². The summed E-state index contributed by atoms with van der Waals surface area (Å²) in [5.74, 6) is 0.0354. The minimum Gasteiger partial charge on any atom is -0.451 e. The molecule has 0 amide bonds. The Morgan fingerprint density at radius 1 is 1.14 bits per heavy atom. The number of anilines is 1. The SMILES string of the molecule is Cc1cc(F)ccc1Oc1cc2cnc(NC3CCN(S(=O)(=O)C(F)(F)F)CC3)nc2n(C)c1=O. The predicted octanol–water partition coefficient (Wildman–Crippen LogP) is 3.29. The molecule has 14 heteroatoms. The first-order valence-corrected chi connectivity index (χ1v) is 11.9. The third-order valence-corrected chi connectivity index (χ3v) is 7.32. The number of alkyl halides is 3. The van der Waals surface area contributed by atoms with Crippen LogP contribution >= 0.6 is 0 Å². The van der Waals surface area contributed by atoms with Gasteiger partial charge < -0.3 is 10.1 Å². The number of piperidine rings is 1. The maximum Gasteiger partial charge on any atom is 0.511 e. The molecule has 2 aromatic heterocycles. The van der Waals surface area contributed by atoms with Gasteiger partial charge >= 0.3 is 15.5 Å². The maximum atomic E-state index is 13.3. The van der Waals surface area contributed by atoms with E-state index in [2.05, 4.69) is 15.3 Å². The first-order chi connectivity index (χ1) is 16.4. The Hall–Kier alpha value is -3.26. The molecular weight excluding hydrogens is 494 g/mol. The van der Waals surface area contributed by atoms with E-state index in [1.54, 1.807) is 6.92 Å². The van der Waals surface area contributed by atoms with Crippen LogP contribution in [-0.2, 0) is 17.1 Å². The first kappa shape index (κ1) is 24.9. The van der Waals surface area contributed by atoms with Crippen molar-refractivity contribution in [3.63, 3.8) is 0 Å². The van der Waals surface area contributed by atoms with Gasteiger partial charge in [0.15, 0.2) is 5.75 Å². The van der Waals surface area contributed by atoms with E-state index in [0.717, 1.165) is 0 Å². The summed E-state index contributed by atoms with van der Waals surface area (Å²) in [7, 11) is -3.87. The number of aryl methyl sites for hydroxylation is 2. The van der Waals surface area contributed by atoms with Crippen LogP contribution in [0, 0.1) is 12.7 Å². The standard InChI is InChI=1S/C21H21F4N5O4S/c1-12-9-14(22)3-4-16(12)34-17-10-13-11-26-20(28-18(13)29(2)19(17)31)27-15-5-7-30(8-6-15)35(32,33)21(23,24)25/h3-4,9-11,15H,5-8H2,1-2H3,(H,26,27,28). The number of benzene rings is 1. The molecule has 0 spiro atoms. The summed E-state index contributed by atoms with van der Waals surface area (Å²) in [4.78, 5) is 21.3. The van der Waals surface area contributed by atoms with Crippen molar-refractivity contribution in [2.24, 2.45) is 7.05 Å². The van der Waals surface area contributed by atoms with Crippen LogP contribution in [0.15, 0.2) is 35.3 Å². The molecule has 0 unspecified atom stereocenters. The Morgan fingerprint density at radius 2 is 1.83 bits per heavy atom. The number of fused-ring (bicyclic) bond motifs is 1. The average Bonchev–Trinajstić information content (AvgIpc) is 2.79. The molecule has 3 heterocycles. The Morgan fingerprint density at radius 3 is 2.46 bits per heavy atom. The second-order valence-electron chi connectivity index (χ2n) is 8.13. The van der Waals surface area contributed by atoms with Crippen molar-refractivity contribution >= 4 is 27.0 Å². The summed E-state index contributed by atoms with van der Waals surface area (Å²) in [5.41, 5.74) is -5.03. The minimum absolute atomic E-state index is 0.00253. The molecule has 0 saturated carbocycles. The topological polar surface area (TPSA) is 106 Å². The fraction of sp³-hybridized carbons (Fsp3) is 0.381. The molecule has 1 aliphatic rings. The molecule has 0 bridgehead atoms. The normalized spacial score (nSPS) is 15.9. The zero-order chi connectivity index (χ0) is 25.5. The van der Waals surface area contributed by atoms with Gasteiger partial charge in [-0.1, -0.05) is 0 Å². The van der Waals surface area contributed by atoms with E-state index in [1.807, 2.05) is 0 Å². The average molecular weight is 515 g/mol. The lowest BCUT2D eigenvalue weighted by Crippen LogP contribution is -2.47. The number of ether oxygens (including phenoxy) is 1. The van der Waals surface area contributed by atoms with Gasteiger partial charge in [0.05, 0.1) is 0 Å². The molecule has 0 atom stereocenters. The van der Waals surface area contributed by atoms with E-state index < -0.39 is 26.9 Å². The van der Waals surface area contributed by atoms with Crippen molar-refractivity contribution in [1.29, 1.82) is 0 Å². The highest BCUT2D eigenvalue weighted by Crippen LogP contribution is 2.30. The van der Waals surface area contributed by atoms with Crippen LogP contribution < -0.4 is 15.6 Å². The van der Waals surface area contributed by atoms with Gasteiger partial charge in [-0.25, -0.2) is 17.8 Å². The summed E-state index contributed by atoms with van der Waals surface area (Å²) >= 11 is 0. The molecule has 3 aromatic rings. The third-order valence-electron chi connectivity index (χ3n) is 5.69. The molecule has 1 aromatic carbocycles. The molecule has 35 heavy (non-hydrogen) atoms. The van der Waals surface area contributed by atoms with E-state index >= 15 is 0 Å². The highest BCUT2D eigenvalue weighted by atomic mass is 32.2. The Balaban J connectivity index is 1.51. The fourth-order valence-corrected chi connectivity index (χ4v) is 4.76. The number of pyridine rings is 1. The van der Waals surface area contributed by atoms with Gasteiger partial charge in [-0.2, -0.15) is 22.5 Å². The molecule has 1 saturated heterocycles. The van der Waals surface area contributed by atoms with Gasteiger partial charge in [0.1, 0.15) is 17.2 Å². The molecule has 0 aliphatic carbocycles. The van der Waals surface area contributed by atoms with Gasteiger partial charge in [-0.15, -0.1) is 0 Å². The fourth-order valence-electron chi connectivity index (χ4n) is 3.77. The lowest BCUT2D eigenvalue weighted by Gasteiger charge is -2.31. The summed E-state index contributed by atoms with van der Waals surface area (Å²) < 4.78 is 82.1. The number of nitrogens with one attached hydrogen (secondary N) is 1.